The summed E-state index contributed by atoms with van der Waals surface area (Å²) in [6, 6.07) is 18.8. The van der Waals surface area contributed by atoms with Gasteiger partial charge in [0.1, 0.15) is 12.4 Å². The molecule has 1 aromatic heterocycles. The van der Waals surface area contributed by atoms with Gasteiger partial charge >= 0.3 is 0 Å². The Morgan fingerprint density at radius 3 is 2.39 bits per heavy atom. The highest BCUT2D eigenvalue weighted by molar-refractivity contribution is 5.98. The monoisotopic (exact) mass is 415 g/mol. The number of ether oxygens (including phenoxy) is 1. The summed E-state index contributed by atoms with van der Waals surface area (Å²) in [5.41, 5.74) is 4.44. The second kappa shape index (κ2) is 10.7. The van der Waals surface area contributed by atoms with Crippen molar-refractivity contribution < 1.29 is 14.3 Å². The minimum atomic E-state index is -0.341. The molecular weight excluding hydrogens is 390 g/mol. The van der Waals surface area contributed by atoms with Gasteiger partial charge in [0.05, 0.1) is 12.2 Å². The summed E-state index contributed by atoms with van der Waals surface area (Å²) < 4.78 is 5.69. The number of para-hydroxylation sites is 1. The lowest BCUT2D eigenvalue weighted by atomic mass is 10.1. The van der Waals surface area contributed by atoms with Gasteiger partial charge in [-0.25, -0.2) is 0 Å². The van der Waals surface area contributed by atoms with Gasteiger partial charge in [-0.3, -0.25) is 14.6 Å². The van der Waals surface area contributed by atoms with E-state index in [9.17, 15) is 9.59 Å². The van der Waals surface area contributed by atoms with E-state index >= 15 is 0 Å². The fourth-order valence-electron chi connectivity index (χ4n) is 2.91. The highest BCUT2D eigenvalue weighted by Crippen LogP contribution is 2.19. The van der Waals surface area contributed by atoms with Gasteiger partial charge in [-0.05, 0) is 60.9 Å². The van der Waals surface area contributed by atoms with Crippen LogP contribution in [0.3, 0.4) is 0 Å². The predicted molar refractivity (Wildman–Crippen MR) is 122 cm³/mol. The summed E-state index contributed by atoms with van der Waals surface area (Å²) in [5.74, 6) is 0.108. The molecule has 0 radical (unpaired) electrons. The minimum Gasteiger partial charge on any atom is -0.487 e. The van der Waals surface area contributed by atoms with Crippen LogP contribution in [-0.2, 0) is 16.2 Å². The second-order valence-corrected chi connectivity index (χ2v) is 7.04. The number of rotatable bonds is 8. The predicted octanol–water partition coefficient (Wildman–Crippen LogP) is 4.05. The number of nitrogens with one attached hydrogen (secondary N) is 2. The van der Waals surface area contributed by atoms with Gasteiger partial charge in [0.2, 0.25) is 11.8 Å². The van der Waals surface area contributed by atoms with Gasteiger partial charge in [-0.1, -0.05) is 36.4 Å². The number of anilines is 1. The molecule has 0 aliphatic carbocycles. The molecule has 2 aromatic carbocycles. The van der Waals surface area contributed by atoms with E-state index in [4.69, 9.17) is 4.74 Å². The Hall–Kier alpha value is -3.93. The smallest absolute Gasteiger partial charge is 0.244 e. The van der Waals surface area contributed by atoms with Crippen molar-refractivity contribution in [3.05, 3.63) is 95.3 Å². The maximum atomic E-state index is 12.1. The first-order valence-corrected chi connectivity index (χ1v) is 9.96. The number of hydrogen-bond donors (Lipinski definition) is 2. The van der Waals surface area contributed by atoms with Crippen molar-refractivity contribution in [1.82, 2.24) is 10.3 Å². The molecule has 158 valence electrons. The van der Waals surface area contributed by atoms with Gasteiger partial charge < -0.3 is 15.4 Å². The fourth-order valence-corrected chi connectivity index (χ4v) is 2.91. The number of nitrogens with zero attached hydrogens (tertiary/aromatic N) is 1. The molecule has 6 nitrogen and oxygen atoms in total. The average molecular weight is 415 g/mol. The fraction of sp³-hybridized carbons (Fsp3) is 0.160. The van der Waals surface area contributed by atoms with Crippen molar-refractivity contribution in [2.24, 2.45) is 0 Å². The van der Waals surface area contributed by atoms with Crippen LogP contribution in [-0.4, -0.2) is 23.3 Å². The van der Waals surface area contributed by atoms with Crippen LogP contribution >= 0.6 is 0 Å². The van der Waals surface area contributed by atoms with Crippen molar-refractivity contribution in [1.29, 1.82) is 0 Å². The van der Waals surface area contributed by atoms with E-state index in [1.807, 2.05) is 74.5 Å². The van der Waals surface area contributed by atoms with Crippen LogP contribution in [0.4, 0.5) is 5.69 Å². The summed E-state index contributed by atoms with van der Waals surface area (Å²) in [7, 11) is 0. The molecule has 0 fully saturated rings. The summed E-state index contributed by atoms with van der Waals surface area (Å²) in [6.45, 7) is 4.15. The SMILES string of the molecule is Cc1cccc(C)c1NC(=O)CNC(=O)/C=C/c1ccc(OCc2ccccn2)cc1. The van der Waals surface area contributed by atoms with Gasteiger partial charge in [0.15, 0.2) is 0 Å². The first kappa shape index (κ1) is 21.8. The van der Waals surface area contributed by atoms with Crippen molar-refractivity contribution in [3.63, 3.8) is 0 Å². The standard InChI is InChI=1S/C25H25N3O3/c1-18-6-5-7-19(2)25(18)28-24(30)16-27-23(29)14-11-20-9-12-22(13-10-20)31-17-21-8-3-4-15-26-21/h3-15H,16-17H2,1-2H3,(H,27,29)(H,28,30)/b14-11+. The Kier molecular flexibility index (Phi) is 7.54. The number of benzene rings is 2. The van der Waals surface area contributed by atoms with Crippen molar-refractivity contribution >= 4 is 23.6 Å². The number of carbonyl (C=O) groups excluding carboxylic acids is 2. The number of aryl methyl sites for hydroxylation is 2. The van der Waals surface area contributed by atoms with E-state index in [1.165, 1.54) is 6.08 Å². The summed E-state index contributed by atoms with van der Waals surface area (Å²) in [4.78, 5) is 28.4. The van der Waals surface area contributed by atoms with Crippen LogP contribution in [0, 0.1) is 13.8 Å². The topological polar surface area (TPSA) is 80.3 Å². The zero-order valence-corrected chi connectivity index (χ0v) is 17.6. The normalized spacial score (nSPS) is 10.6. The first-order chi connectivity index (χ1) is 15.0. The largest absolute Gasteiger partial charge is 0.487 e. The van der Waals surface area contributed by atoms with Crippen LogP contribution in [0.2, 0.25) is 0 Å². The molecule has 2 N–H and O–H groups in total. The Balaban J connectivity index is 1.44. The molecular formula is C25H25N3O3. The molecule has 0 unspecified atom stereocenters. The van der Waals surface area contributed by atoms with Gasteiger partial charge in [0, 0.05) is 18.0 Å². The van der Waals surface area contributed by atoms with Crippen molar-refractivity contribution in [3.8, 4) is 5.75 Å². The van der Waals surface area contributed by atoms with E-state index in [0.29, 0.717) is 6.61 Å². The van der Waals surface area contributed by atoms with Crippen LogP contribution < -0.4 is 15.4 Å². The maximum absolute atomic E-state index is 12.1. The van der Waals surface area contributed by atoms with E-state index in [-0.39, 0.29) is 18.4 Å². The second-order valence-electron chi connectivity index (χ2n) is 7.04. The Morgan fingerprint density at radius 1 is 0.968 bits per heavy atom. The van der Waals surface area contributed by atoms with Crippen molar-refractivity contribution in [2.45, 2.75) is 20.5 Å². The molecule has 2 amide bonds. The van der Waals surface area contributed by atoms with E-state index in [2.05, 4.69) is 15.6 Å². The van der Waals surface area contributed by atoms with E-state index in [1.54, 1.807) is 12.3 Å². The lowest BCUT2D eigenvalue weighted by molar-refractivity contribution is -0.121. The Labute approximate surface area is 182 Å². The molecule has 6 heteroatoms. The third-order valence-electron chi connectivity index (χ3n) is 4.59. The summed E-state index contributed by atoms with van der Waals surface area (Å²) in [5, 5.41) is 5.43. The minimum absolute atomic E-state index is 0.1000. The summed E-state index contributed by atoms with van der Waals surface area (Å²) in [6.07, 6.45) is 4.81. The molecule has 0 aliphatic heterocycles. The van der Waals surface area contributed by atoms with Crippen LogP contribution in [0.1, 0.15) is 22.4 Å². The third-order valence-corrected chi connectivity index (χ3v) is 4.59. The van der Waals surface area contributed by atoms with Crippen molar-refractivity contribution in [2.75, 3.05) is 11.9 Å². The Bertz CT molecular complexity index is 1040. The molecule has 0 atom stereocenters. The zero-order chi connectivity index (χ0) is 22.1. The number of carbonyl (C=O) groups is 2. The molecule has 0 bridgehead atoms. The molecule has 0 saturated carbocycles. The highest BCUT2D eigenvalue weighted by atomic mass is 16.5. The van der Waals surface area contributed by atoms with Crippen LogP contribution in [0.5, 0.6) is 5.75 Å². The summed E-state index contributed by atoms with van der Waals surface area (Å²) >= 11 is 0. The molecule has 0 saturated heterocycles. The first-order valence-electron chi connectivity index (χ1n) is 9.96. The van der Waals surface area contributed by atoms with E-state index < -0.39 is 0 Å². The molecule has 3 rings (SSSR count). The van der Waals surface area contributed by atoms with Crippen LogP contribution in [0.25, 0.3) is 6.08 Å². The number of pyridine rings is 1. The molecule has 1 heterocycles. The van der Waals surface area contributed by atoms with Gasteiger partial charge in [-0.15, -0.1) is 0 Å². The maximum Gasteiger partial charge on any atom is 0.244 e. The molecule has 0 aliphatic rings. The molecule has 31 heavy (non-hydrogen) atoms. The number of hydrogen-bond acceptors (Lipinski definition) is 4. The average Bonchev–Trinajstić information content (AvgIpc) is 2.79. The number of amides is 2. The zero-order valence-electron chi connectivity index (χ0n) is 17.6. The van der Waals surface area contributed by atoms with Gasteiger partial charge in [0.25, 0.3) is 0 Å². The quantitative estimate of drug-likeness (QED) is 0.544. The molecule has 3 aromatic rings. The third kappa shape index (κ3) is 6.82. The van der Waals surface area contributed by atoms with Gasteiger partial charge in [-0.2, -0.15) is 0 Å². The molecule has 0 spiro atoms. The lowest BCUT2D eigenvalue weighted by Crippen LogP contribution is -2.32. The van der Waals surface area contributed by atoms with E-state index in [0.717, 1.165) is 33.8 Å². The lowest BCUT2D eigenvalue weighted by Gasteiger charge is -2.11. The Morgan fingerprint density at radius 2 is 1.71 bits per heavy atom. The number of aromatic nitrogens is 1. The van der Waals surface area contributed by atoms with Crippen LogP contribution in [0.15, 0.2) is 72.9 Å². The highest BCUT2D eigenvalue weighted by Gasteiger charge is 2.08.